The van der Waals surface area contributed by atoms with Crippen LogP contribution in [0.15, 0.2) is 42.5 Å². The van der Waals surface area contributed by atoms with Gasteiger partial charge in [0.25, 0.3) is 5.91 Å². The molecule has 0 aliphatic carbocycles. The molecule has 168 valence electrons. The highest BCUT2D eigenvalue weighted by Gasteiger charge is 2.29. The number of nitrogens with zero attached hydrogens (tertiary/aromatic N) is 1. The van der Waals surface area contributed by atoms with Crippen molar-refractivity contribution in [3.8, 4) is 5.75 Å². The lowest BCUT2D eigenvalue weighted by atomic mass is 10.1. The normalized spacial score (nSPS) is 12.7. The average Bonchev–Trinajstić information content (AvgIpc) is 2.74. The second-order valence-electron chi connectivity index (χ2n) is 7.25. The second kappa shape index (κ2) is 11.9. The molecule has 0 saturated heterocycles. The summed E-state index contributed by atoms with van der Waals surface area (Å²) < 4.78 is 18.9. The topological polar surface area (TPSA) is 58.6 Å². The van der Waals surface area contributed by atoms with Crippen molar-refractivity contribution in [2.24, 2.45) is 0 Å². The molecule has 2 rings (SSSR count). The largest absolute Gasteiger partial charge is 0.482 e. The minimum atomic E-state index is -0.698. The van der Waals surface area contributed by atoms with Crippen LogP contribution in [0, 0.1) is 5.82 Å². The van der Waals surface area contributed by atoms with Gasteiger partial charge in [-0.2, -0.15) is 0 Å². The van der Waals surface area contributed by atoms with E-state index in [2.05, 4.69) is 5.32 Å². The molecular formula is C23H27Cl2FN2O3. The standard InChI is InChI=1S/C23H27Cl2FN2O3/c1-4-15(3)27-23(30)20(5-2)28(13-16-6-9-18(26)10-7-16)22(29)14-31-21-11-8-17(24)12-19(21)25/h6-12,15,20H,4-5,13-14H2,1-3H3,(H,27,30)/t15-,20+/m0/s1. The molecule has 1 N–H and O–H groups in total. The van der Waals surface area contributed by atoms with Gasteiger partial charge in [-0.05, 0) is 55.7 Å². The molecule has 5 nitrogen and oxygen atoms in total. The molecule has 31 heavy (non-hydrogen) atoms. The molecule has 8 heteroatoms. The monoisotopic (exact) mass is 468 g/mol. The molecule has 0 bridgehead atoms. The number of halogens is 3. The highest BCUT2D eigenvalue weighted by molar-refractivity contribution is 6.35. The number of rotatable bonds is 10. The van der Waals surface area contributed by atoms with Gasteiger partial charge >= 0.3 is 0 Å². The lowest BCUT2D eigenvalue weighted by molar-refractivity contribution is -0.143. The van der Waals surface area contributed by atoms with Crippen LogP contribution in [0.2, 0.25) is 10.0 Å². The smallest absolute Gasteiger partial charge is 0.261 e. The summed E-state index contributed by atoms with van der Waals surface area (Å²) in [4.78, 5) is 27.4. The number of benzene rings is 2. The van der Waals surface area contributed by atoms with Crippen LogP contribution in [0.5, 0.6) is 5.75 Å². The Morgan fingerprint density at radius 1 is 1.10 bits per heavy atom. The maximum Gasteiger partial charge on any atom is 0.261 e. The number of ether oxygens (including phenoxy) is 1. The van der Waals surface area contributed by atoms with Crippen LogP contribution < -0.4 is 10.1 Å². The zero-order valence-corrected chi connectivity index (χ0v) is 19.3. The summed E-state index contributed by atoms with van der Waals surface area (Å²) in [5.41, 5.74) is 0.703. The first-order chi connectivity index (χ1) is 14.7. The Labute approximate surface area is 192 Å². The van der Waals surface area contributed by atoms with E-state index in [0.717, 1.165) is 6.42 Å². The molecule has 0 unspecified atom stereocenters. The Kier molecular flexibility index (Phi) is 9.59. The van der Waals surface area contributed by atoms with Crippen molar-refractivity contribution in [2.75, 3.05) is 6.61 Å². The van der Waals surface area contributed by atoms with Crippen LogP contribution in [0.3, 0.4) is 0 Å². The van der Waals surface area contributed by atoms with Crippen molar-refractivity contribution in [1.82, 2.24) is 10.2 Å². The van der Waals surface area contributed by atoms with E-state index in [1.807, 2.05) is 20.8 Å². The van der Waals surface area contributed by atoms with Crippen LogP contribution in [-0.4, -0.2) is 35.4 Å². The van der Waals surface area contributed by atoms with Gasteiger partial charge in [0, 0.05) is 17.6 Å². The minimum absolute atomic E-state index is 0.0200. The lowest BCUT2D eigenvalue weighted by Crippen LogP contribution is -2.51. The van der Waals surface area contributed by atoms with Crippen LogP contribution in [0.1, 0.15) is 39.2 Å². The Balaban J connectivity index is 2.22. The highest BCUT2D eigenvalue weighted by Crippen LogP contribution is 2.27. The Bertz CT molecular complexity index is 893. The molecule has 2 atom stereocenters. The third kappa shape index (κ3) is 7.40. The van der Waals surface area contributed by atoms with Crippen molar-refractivity contribution in [2.45, 2.75) is 52.2 Å². The third-order valence-electron chi connectivity index (χ3n) is 4.90. The predicted molar refractivity (Wildman–Crippen MR) is 121 cm³/mol. The van der Waals surface area contributed by atoms with Gasteiger partial charge in [-0.15, -0.1) is 0 Å². The van der Waals surface area contributed by atoms with Gasteiger partial charge in [-0.25, -0.2) is 4.39 Å². The minimum Gasteiger partial charge on any atom is -0.482 e. The van der Waals surface area contributed by atoms with Gasteiger partial charge in [0.2, 0.25) is 5.91 Å². The SMILES string of the molecule is CC[C@H](C(=O)N[C@@H](C)CC)N(Cc1ccc(F)cc1)C(=O)COc1ccc(Cl)cc1Cl. The second-order valence-corrected chi connectivity index (χ2v) is 8.10. The predicted octanol–water partition coefficient (Wildman–Crippen LogP) is 5.23. The third-order valence-corrected chi connectivity index (χ3v) is 5.43. The van der Waals surface area contributed by atoms with E-state index in [4.69, 9.17) is 27.9 Å². The van der Waals surface area contributed by atoms with E-state index >= 15 is 0 Å². The van der Waals surface area contributed by atoms with E-state index in [-0.39, 0.29) is 41.8 Å². The van der Waals surface area contributed by atoms with E-state index in [9.17, 15) is 14.0 Å². The van der Waals surface area contributed by atoms with Crippen molar-refractivity contribution in [3.05, 3.63) is 63.9 Å². The van der Waals surface area contributed by atoms with Crippen molar-refractivity contribution < 1.29 is 18.7 Å². The molecule has 0 aliphatic heterocycles. The molecule has 2 aromatic carbocycles. The molecule has 0 heterocycles. The maximum absolute atomic E-state index is 13.3. The first kappa shape index (κ1) is 25.0. The summed E-state index contributed by atoms with van der Waals surface area (Å²) in [5, 5.41) is 3.67. The van der Waals surface area contributed by atoms with Crippen LogP contribution in [0.4, 0.5) is 4.39 Å². The molecule has 0 aliphatic rings. The van der Waals surface area contributed by atoms with E-state index in [0.29, 0.717) is 22.8 Å². The molecule has 2 aromatic rings. The van der Waals surface area contributed by atoms with E-state index in [1.54, 1.807) is 24.3 Å². The fourth-order valence-corrected chi connectivity index (χ4v) is 3.42. The maximum atomic E-state index is 13.3. The first-order valence-corrected chi connectivity index (χ1v) is 10.9. The van der Waals surface area contributed by atoms with Gasteiger partial charge in [-0.1, -0.05) is 49.2 Å². The van der Waals surface area contributed by atoms with Gasteiger partial charge in [0.1, 0.15) is 17.6 Å². The van der Waals surface area contributed by atoms with Crippen LogP contribution in [0.25, 0.3) is 0 Å². The molecule has 0 spiro atoms. The van der Waals surface area contributed by atoms with E-state index in [1.165, 1.54) is 23.1 Å². The lowest BCUT2D eigenvalue weighted by Gasteiger charge is -2.31. The van der Waals surface area contributed by atoms with Gasteiger partial charge in [0.05, 0.1) is 5.02 Å². The Hall–Kier alpha value is -2.31. The number of carbonyl (C=O) groups is 2. The average molecular weight is 469 g/mol. The van der Waals surface area contributed by atoms with Gasteiger partial charge < -0.3 is 15.0 Å². The quantitative estimate of drug-likeness (QED) is 0.518. The van der Waals surface area contributed by atoms with Crippen molar-refractivity contribution in [3.63, 3.8) is 0 Å². The zero-order valence-electron chi connectivity index (χ0n) is 17.8. The Morgan fingerprint density at radius 2 is 1.77 bits per heavy atom. The summed E-state index contributed by atoms with van der Waals surface area (Å²) in [6.45, 7) is 5.54. The number of hydrogen-bond acceptors (Lipinski definition) is 3. The number of hydrogen-bond donors (Lipinski definition) is 1. The number of carbonyl (C=O) groups excluding carboxylic acids is 2. The highest BCUT2D eigenvalue weighted by atomic mass is 35.5. The van der Waals surface area contributed by atoms with Crippen LogP contribution >= 0.6 is 23.2 Å². The molecule has 0 radical (unpaired) electrons. The zero-order chi connectivity index (χ0) is 23.0. The van der Waals surface area contributed by atoms with Crippen molar-refractivity contribution in [1.29, 1.82) is 0 Å². The summed E-state index contributed by atoms with van der Waals surface area (Å²) in [6.07, 6.45) is 1.18. The van der Waals surface area contributed by atoms with Gasteiger partial charge in [-0.3, -0.25) is 9.59 Å². The van der Waals surface area contributed by atoms with Crippen LogP contribution in [-0.2, 0) is 16.1 Å². The fourth-order valence-electron chi connectivity index (χ4n) is 2.96. The Morgan fingerprint density at radius 3 is 2.35 bits per heavy atom. The number of nitrogens with one attached hydrogen (secondary N) is 1. The van der Waals surface area contributed by atoms with Gasteiger partial charge in [0.15, 0.2) is 6.61 Å². The van der Waals surface area contributed by atoms with E-state index < -0.39 is 6.04 Å². The summed E-state index contributed by atoms with van der Waals surface area (Å²) in [7, 11) is 0. The first-order valence-electron chi connectivity index (χ1n) is 10.2. The fraction of sp³-hybridized carbons (Fsp3) is 0.391. The molecule has 0 saturated carbocycles. The molecule has 0 aromatic heterocycles. The molecule has 0 fully saturated rings. The van der Waals surface area contributed by atoms with Crippen molar-refractivity contribution >= 4 is 35.0 Å². The molecule has 2 amide bonds. The summed E-state index contributed by atoms with van der Waals surface area (Å²) in [6, 6.07) is 9.81. The molecular weight excluding hydrogens is 442 g/mol. The number of amides is 2. The summed E-state index contributed by atoms with van der Waals surface area (Å²) >= 11 is 12.0. The summed E-state index contributed by atoms with van der Waals surface area (Å²) in [5.74, 6) is -0.680.